The van der Waals surface area contributed by atoms with E-state index in [4.69, 9.17) is 26.8 Å². The molecule has 2 aromatic carbocycles. The summed E-state index contributed by atoms with van der Waals surface area (Å²) in [6, 6.07) is 18.8. The van der Waals surface area contributed by atoms with Crippen LogP contribution in [0.25, 0.3) is 0 Å². The highest BCUT2D eigenvalue weighted by molar-refractivity contribution is 7.99. The van der Waals surface area contributed by atoms with E-state index < -0.39 is 11.9 Å². The topological polar surface area (TPSA) is 85.3 Å². The maximum Gasteiger partial charge on any atom is 0.338 e. The number of carbonyl (C=O) groups excluding carboxylic acids is 1. The lowest BCUT2D eigenvalue weighted by Crippen LogP contribution is -2.27. The van der Waals surface area contributed by atoms with Gasteiger partial charge < -0.3 is 15.2 Å². The molecule has 0 bridgehead atoms. The number of benzene rings is 2. The van der Waals surface area contributed by atoms with Gasteiger partial charge in [0.2, 0.25) is 5.88 Å². The Balaban J connectivity index is 2.07. The van der Waals surface area contributed by atoms with Crippen molar-refractivity contribution < 1.29 is 14.3 Å². The number of halogens is 1. The van der Waals surface area contributed by atoms with Crippen molar-refractivity contribution in [2.75, 3.05) is 12.4 Å². The number of thioether (sulfide) groups is 1. The molecule has 29 heavy (non-hydrogen) atoms. The van der Waals surface area contributed by atoms with Crippen molar-refractivity contribution >= 4 is 29.3 Å². The van der Waals surface area contributed by atoms with Gasteiger partial charge in [-0.25, -0.2) is 4.79 Å². The zero-order valence-corrected chi connectivity index (χ0v) is 17.3. The van der Waals surface area contributed by atoms with E-state index in [0.29, 0.717) is 22.1 Å². The van der Waals surface area contributed by atoms with Crippen molar-refractivity contribution in [2.45, 2.75) is 17.7 Å². The Kier molecular flexibility index (Phi) is 6.86. The van der Waals surface area contributed by atoms with Gasteiger partial charge in [0, 0.05) is 9.92 Å². The van der Waals surface area contributed by atoms with Crippen LogP contribution in [0.2, 0.25) is 5.02 Å². The van der Waals surface area contributed by atoms with E-state index in [9.17, 15) is 10.1 Å². The average molecular weight is 427 g/mol. The number of hydrogen-bond acceptors (Lipinski definition) is 6. The van der Waals surface area contributed by atoms with Crippen LogP contribution in [0.4, 0.5) is 0 Å². The number of hydrogen-bond donors (Lipinski definition) is 1. The number of allylic oxidation sites excluding steroid dienone is 1. The summed E-state index contributed by atoms with van der Waals surface area (Å²) in [6.07, 6.45) is 0. The summed E-state index contributed by atoms with van der Waals surface area (Å²) in [5.74, 6) is -0.479. The number of esters is 1. The molecule has 0 amide bonds. The van der Waals surface area contributed by atoms with Crippen LogP contribution in [0.15, 0.2) is 82.3 Å². The lowest BCUT2D eigenvalue weighted by atomic mass is 9.83. The summed E-state index contributed by atoms with van der Waals surface area (Å²) in [6.45, 7) is 1.93. The molecule has 7 heteroatoms. The number of carbonyl (C=O) groups is 1. The molecule has 0 spiro atoms. The molecule has 1 aliphatic rings. The van der Waals surface area contributed by atoms with Crippen molar-refractivity contribution in [3.05, 3.63) is 88.0 Å². The second kappa shape index (κ2) is 9.55. The van der Waals surface area contributed by atoms with Gasteiger partial charge in [0.1, 0.15) is 17.4 Å². The van der Waals surface area contributed by atoms with Gasteiger partial charge in [-0.3, -0.25) is 0 Å². The molecule has 1 aliphatic heterocycles. The monoisotopic (exact) mass is 426 g/mol. The SMILES string of the molecule is CCOC(=O)C1=C(CSc2ccccc2)OC(N)=C(C#N)[C@H]1c1ccc(Cl)cc1. The van der Waals surface area contributed by atoms with Crippen molar-refractivity contribution in [3.63, 3.8) is 0 Å². The molecule has 1 atom stereocenters. The molecule has 0 radical (unpaired) electrons. The van der Waals surface area contributed by atoms with Crippen LogP contribution in [-0.4, -0.2) is 18.3 Å². The Morgan fingerprint density at radius 3 is 2.55 bits per heavy atom. The fraction of sp³-hybridized carbons (Fsp3) is 0.182. The second-order valence-corrected chi connectivity index (χ2v) is 7.62. The van der Waals surface area contributed by atoms with Crippen molar-refractivity contribution in [3.8, 4) is 6.07 Å². The van der Waals surface area contributed by atoms with Crippen LogP contribution in [0.3, 0.4) is 0 Å². The van der Waals surface area contributed by atoms with Gasteiger partial charge in [-0.05, 0) is 36.8 Å². The van der Waals surface area contributed by atoms with Crippen LogP contribution >= 0.6 is 23.4 Å². The van der Waals surface area contributed by atoms with Gasteiger partial charge in [0.25, 0.3) is 0 Å². The first-order valence-electron chi connectivity index (χ1n) is 8.96. The van der Waals surface area contributed by atoms with Crippen LogP contribution in [0.1, 0.15) is 18.4 Å². The smallest absolute Gasteiger partial charge is 0.338 e. The molecule has 2 aromatic rings. The Hall–Kier alpha value is -2.88. The Bertz CT molecular complexity index is 995. The molecule has 1 heterocycles. The minimum Gasteiger partial charge on any atom is -0.463 e. The standard InChI is InChI=1S/C22H19ClN2O3S/c1-2-27-22(26)20-18(13-29-16-6-4-3-5-7-16)28-21(25)17(12-24)19(20)14-8-10-15(23)11-9-14/h3-11,19H,2,13,25H2,1H3/t19-/m1/s1. The summed E-state index contributed by atoms with van der Waals surface area (Å²) >= 11 is 7.51. The van der Waals surface area contributed by atoms with Crippen molar-refractivity contribution in [1.82, 2.24) is 0 Å². The van der Waals surface area contributed by atoms with E-state index in [-0.39, 0.29) is 23.6 Å². The molecule has 0 aliphatic carbocycles. The minimum atomic E-state index is -0.684. The lowest BCUT2D eigenvalue weighted by Gasteiger charge is -2.28. The van der Waals surface area contributed by atoms with Crippen LogP contribution in [-0.2, 0) is 14.3 Å². The van der Waals surface area contributed by atoms with Crippen LogP contribution < -0.4 is 5.73 Å². The molecule has 0 saturated carbocycles. The van der Waals surface area contributed by atoms with E-state index in [1.165, 1.54) is 11.8 Å². The van der Waals surface area contributed by atoms with Crippen LogP contribution in [0.5, 0.6) is 0 Å². The number of nitrogens with zero attached hydrogens (tertiary/aromatic N) is 1. The molecule has 148 valence electrons. The Labute approximate surface area is 178 Å². The third-order valence-corrected chi connectivity index (χ3v) is 5.57. The highest BCUT2D eigenvalue weighted by atomic mass is 35.5. The van der Waals surface area contributed by atoms with Gasteiger partial charge in [0.15, 0.2) is 0 Å². The van der Waals surface area contributed by atoms with E-state index in [1.807, 2.05) is 30.3 Å². The zero-order valence-electron chi connectivity index (χ0n) is 15.7. The average Bonchev–Trinajstić information content (AvgIpc) is 2.73. The first kappa shape index (κ1) is 20.8. The zero-order chi connectivity index (χ0) is 20.8. The van der Waals surface area contributed by atoms with Crippen molar-refractivity contribution in [2.24, 2.45) is 5.73 Å². The number of nitriles is 1. The second-order valence-electron chi connectivity index (χ2n) is 6.14. The van der Waals surface area contributed by atoms with Crippen molar-refractivity contribution in [1.29, 1.82) is 5.26 Å². The predicted molar refractivity (Wildman–Crippen MR) is 113 cm³/mol. The third kappa shape index (κ3) is 4.76. The maximum absolute atomic E-state index is 12.9. The van der Waals surface area contributed by atoms with E-state index in [2.05, 4.69) is 6.07 Å². The predicted octanol–water partition coefficient (Wildman–Crippen LogP) is 4.76. The lowest BCUT2D eigenvalue weighted by molar-refractivity contribution is -0.139. The highest BCUT2D eigenvalue weighted by Crippen LogP contribution is 2.41. The molecule has 5 nitrogen and oxygen atoms in total. The van der Waals surface area contributed by atoms with Gasteiger partial charge in [-0.1, -0.05) is 41.9 Å². The molecular formula is C22H19ClN2O3S. The number of rotatable bonds is 6. The maximum atomic E-state index is 12.9. The summed E-state index contributed by atoms with van der Waals surface area (Å²) in [5, 5.41) is 10.3. The Morgan fingerprint density at radius 1 is 1.24 bits per heavy atom. The van der Waals surface area contributed by atoms with Gasteiger partial charge >= 0.3 is 5.97 Å². The fourth-order valence-corrected chi connectivity index (χ4v) is 4.00. The summed E-state index contributed by atoms with van der Waals surface area (Å²) in [5.41, 5.74) is 7.22. The molecule has 0 fully saturated rings. The minimum absolute atomic E-state index is 0.0100. The number of ether oxygens (including phenoxy) is 2. The van der Waals surface area contributed by atoms with Gasteiger partial charge in [-0.2, -0.15) is 5.26 Å². The van der Waals surface area contributed by atoms with E-state index in [1.54, 1.807) is 31.2 Å². The molecular weight excluding hydrogens is 408 g/mol. The summed E-state index contributed by atoms with van der Waals surface area (Å²) in [4.78, 5) is 13.9. The first-order valence-corrected chi connectivity index (χ1v) is 10.3. The normalized spacial score (nSPS) is 16.2. The molecule has 0 aromatic heterocycles. The third-order valence-electron chi connectivity index (χ3n) is 4.31. The summed E-state index contributed by atoms with van der Waals surface area (Å²) in [7, 11) is 0. The fourth-order valence-electron chi connectivity index (χ4n) is 3.01. The molecule has 3 rings (SSSR count). The van der Waals surface area contributed by atoms with E-state index >= 15 is 0 Å². The first-order chi connectivity index (χ1) is 14.0. The van der Waals surface area contributed by atoms with E-state index in [0.717, 1.165) is 4.90 Å². The molecule has 0 unspecified atom stereocenters. The van der Waals surface area contributed by atoms with Crippen LogP contribution in [0, 0.1) is 11.3 Å². The molecule has 2 N–H and O–H groups in total. The number of nitrogens with two attached hydrogens (primary N) is 1. The quantitative estimate of drug-likeness (QED) is 0.529. The summed E-state index contributed by atoms with van der Waals surface area (Å²) < 4.78 is 11.0. The molecule has 0 saturated heterocycles. The van der Waals surface area contributed by atoms with Gasteiger partial charge in [0.05, 0.1) is 23.9 Å². The highest BCUT2D eigenvalue weighted by Gasteiger charge is 2.37. The van der Waals surface area contributed by atoms with Gasteiger partial charge in [-0.15, -0.1) is 11.8 Å². The Morgan fingerprint density at radius 2 is 1.93 bits per heavy atom. The largest absolute Gasteiger partial charge is 0.463 e.